The molecule has 2 heterocycles. The van der Waals surface area contributed by atoms with E-state index >= 15 is 0 Å². The van der Waals surface area contributed by atoms with Gasteiger partial charge in [0.2, 0.25) is 11.8 Å². The fraction of sp³-hybridized carbons (Fsp3) is 0.353. The molecule has 2 N–H and O–H groups in total. The van der Waals surface area contributed by atoms with Crippen molar-refractivity contribution in [2.45, 2.75) is 19.4 Å². The first kappa shape index (κ1) is 21.1. The third kappa shape index (κ3) is 5.67. The Bertz CT molecular complexity index is 909. The number of carbonyl (C=O) groups is 1. The molecule has 154 valence electrons. The van der Waals surface area contributed by atoms with E-state index in [0.29, 0.717) is 18.1 Å². The summed E-state index contributed by atoms with van der Waals surface area (Å²) in [6.45, 7) is 1.43. The standard InChI is InChI=1S/C17H18BrClN6O4/c18-12-3-4-13(19)11(7-12)8-20-15-14(25(27)28)9-21-16(23-15)22-10-29-17(26)24-5-1-2-6-24/h3-4,7,9H,1-2,5-6,8,10H2,(H2,20,21,22,23). The maximum Gasteiger partial charge on any atom is 0.411 e. The first-order valence-electron chi connectivity index (χ1n) is 8.79. The van der Waals surface area contributed by atoms with Crippen molar-refractivity contribution in [3.05, 3.63) is 49.6 Å². The molecule has 1 amide bonds. The summed E-state index contributed by atoms with van der Waals surface area (Å²) in [5, 5.41) is 17.4. The number of nitrogens with one attached hydrogen (secondary N) is 2. The van der Waals surface area contributed by atoms with Crippen molar-refractivity contribution in [2.75, 3.05) is 30.5 Å². The van der Waals surface area contributed by atoms with Gasteiger partial charge in [0.05, 0.1) is 4.92 Å². The summed E-state index contributed by atoms with van der Waals surface area (Å²) in [7, 11) is 0. The monoisotopic (exact) mass is 484 g/mol. The predicted molar refractivity (Wildman–Crippen MR) is 111 cm³/mol. The summed E-state index contributed by atoms with van der Waals surface area (Å²) in [6.07, 6.45) is 2.60. The molecule has 1 aliphatic rings. The van der Waals surface area contributed by atoms with Crippen LogP contribution in [0.2, 0.25) is 5.02 Å². The molecule has 1 saturated heterocycles. The Morgan fingerprint density at radius 3 is 2.83 bits per heavy atom. The highest BCUT2D eigenvalue weighted by atomic mass is 79.9. The molecule has 3 rings (SSSR count). The number of hydrogen-bond donors (Lipinski definition) is 2. The predicted octanol–water partition coefficient (Wildman–Crippen LogP) is 4.01. The van der Waals surface area contributed by atoms with Crippen LogP contribution in [-0.4, -0.2) is 45.7 Å². The van der Waals surface area contributed by atoms with Crippen molar-refractivity contribution in [1.29, 1.82) is 0 Å². The van der Waals surface area contributed by atoms with Crippen molar-refractivity contribution < 1.29 is 14.5 Å². The molecule has 29 heavy (non-hydrogen) atoms. The molecular formula is C17H18BrClN6O4. The maximum absolute atomic E-state index is 11.9. The van der Waals surface area contributed by atoms with Crippen LogP contribution in [0, 0.1) is 10.1 Å². The number of carbonyl (C=O) groups excluding carboxylic acids is 1. The first-order valence-corrected chi connectivity index (χ1v) is 9.96. The smallest absolute Gasteiger partial charge is 0.411 e. The normalized spacial score (nSPS) is 13.2. The number of amides is 1. The number of ether oxygens (including phenoxy) is 1. The molecular weight excluding hydrogens is 468 g/mol. The Balaban J connectivity index is 1.64. The third-order valence-corrected chi connectivity index (χ3v) is 5.07. The average Bonchev–Trinajstić information content (AvgIpc) is 3.23. The van der Waals surface area contributed by atoms with Gasteiger partial charge in [0.1, 0.15) is 6.20 Å². The Kier molecular flexibility index (Phi) is 7.04. The van der Waals surface area contributed by atoms with E-state index in [-0.39, 0.29) is 30.7 Å². The second-order valence-electron chi connectivity index (χ2n) is 6.20. The van der Waals surface area contributed by atoms with Gasteiger partial charge in [0.25, 0.3) is 0 Å². The minimum atomic E-state index is -0.581. The number of aromatic nitrogens is 2. The van der Waals surface area contributed by atoms with Crippen molar-refractivity contribution in [3.8, 4) is 0 Å². The fourth-order valence-electron chi connectivity index (χ4n) is 2.74. The lowest BCUT2D eigenvalue weighted by atomic mass is 10.2. The van der Waals surface area contributed by atoms with Crippen LogP contribution in [0.25, 0.3) is 0 Å². The second kappa shape index (κ2) is 9.70. The summed E-state index contributed by atoms with van der Waals surface area (Å²) in [4.78, 5) is 32.2. The number of anilines is 2. The van der Waals surface area contributed by atoms with Gasteiger partial charge in [0, 0.05) is 29.1 Å². The van der Waals surface area contributed by atoms with Gasteiger partial charge in [-0.2, -0.15) is 4.98 Å². The van der Waals surface area contributed by atoms with Crippen LogP contribution in [0.4, 0.5) is 22.2 Å². The Morgan fingerprint density at radius 1 is 1.34 bits per heavy atom. The van der Waals surface area contributed by atoms with Crippen LogP contribution in [0.15, 0.2) is 28.9 Å². The molecule has 12 heteroatoms. The number of nitrogens with zero attached hydrogens (tertiary/aromatic N) is 4. The molecule has 1 aliphatic heterocycles. The van der Waals surface area contributed by atoms with Crippen LogP contribution in [0.1, 0.15) is 18.4 Å². The molecule has 0 atom stereocenters. The second-order valence-corrected chi connectivity index (χ2v) is 7.52. The van der Waals surface area contributed by atoms with E-state index in [1.165, 1.54) is 0 Å². The SMILES string of the molecule is O=C(OCNc1ncc([N+](=O)[O-])c(NCc2cc(Br)ccc2Cl)n1)N1CCCC1. The molecule has 0 radical (unpaired) electrons. The number of halogens is 2. The molecule has 0 saturated carbocycles. The van der Waals surface area contributed by atoms with Gasteiger partial charge in [0.15, 0.2) is 6.73 Å². The van der Waals surface area contributed by atoms with Gasteiger partial charge >= 0.3 is 11.8 Å². The van der Waals surface area contributed by atoms with Gasteiger partial charge in [-0.25, -0.2) is 9.78 Å². The summed E-state index contributed by atoms with van der Waals surface area (Å²) in [5.41, 5.74) is 0.457. The number of nitro groups is 1. The summed E-state index contributed by atoms with van der Waals surface area (Å²) in [5.74, 6) is 0.113. The number of hydrogen-bond acceptors (Lipinski definition) is 8. The Hall–Kier alpha value is -2.66. The Labute approximate surface area is 179 Å². The first-order chi connectivity index (χ1) is 13.9. The molecule has 0 bridgehead atoms. The van der Waals surface area contributed by atoms with Crippen molar-refractivity contribution in [2.24, 2.45) is 0 Å². The van der Waals surface area contributed by atoms with E-state index in [1.807, 2.05) is 0 Å². The summed E-state index contributed by atoms with van der Waals surface area (Å²) in [6, 6.07) is 5.32. The maximum atomic E-state index is 11.9. The van der Waals surface area contributed by atoms with E-state index < -0.39 is 11.0 Å². The van der Waals surface area contributed by atoms with Gasteiger partial charge in [-0.05, 0) is 36.6 Å². The van der Waals surface area contributed by atoms with Crippen LogP contribution in [-0.2, 0) is 11.3 Å². The minimum absolute atomic E-state index is 0.0226. The van der Waals surface area contributed by atoms with Gasteiger partial charge in [-0.1, -0.05) is 27.5 Å². The van der Waals surface area contributed by atoms with Crippen LogP contribution < -0.4 is 10.6 Å². The zero-order valence-electron chi connectivity index (χ0n) is 15.2. The van der Waals surface area contributed by atoms with E-state index in [9.17, 15) is 14.9 Å². The third-order valence-electron chi connectivity index (χ3n) is 4.21. The Morgan fingerprint density at radius 2 is 2.10 bits per heavy atom. The molecule has 1 aromatic heterocycles. The average molecular weight is 486 g/mol. The van der Waals surface area contributed by atoms with Crippen molar-refractivity contribution in [3.63, 3.8) is 0 Å². The largest absolute Gasteiger partial charge is 0.428 e. The highest BCUT2D eigenvalue weighted by Gasteiger charge is 2.20. The van der Waals surface area contributed by atoms with Gasteiger partial charge < -0.3 is 20.3 Å². The number of rotatable bonds is 7. The molecule has 2 aromatic rings. The van der Waals surface area contributed by atoms with Gasteiger partial charge in [-0.15, -0.1) is 0 Å². The zero-order chi connectivity index (χ0) is 20.8. The summed E-state index contributed by atoms with van der Waals surface area (Å²) < 4.78 is 5.96. The van der Waals surface area contributed by atoms with Crippen LogP contribution in [0.5, 0.6) is 0 Å². The van der Waals surface area contributed by atoms with E-state index in [4.69, 9.17) is 16.3 Å². The van der Waals surface area contributed by atoms with Crippen molar-refractivity contribution >= 4 is 51.1 Å². The van der Waals surface area contributed by atoms with E-state index in [0.717, 1.165) is 29.1 Å². The quantitative estimate of drug-likeness (QED) is 0.342. The van der Waals surface area contributed by atoms with E-state index in [2.05, 4.69) is 36.5 Å². The molecule has 0 aliphatic carbocycles. The lowest BCUT2D eigenvalue weighted by Gasteiger charge is -2.15. The zero-order valence-corrected chi connectivity index (χ0v) is 17.6. The molecule has 0 spiro atoms. The number of likely N-dealkylation sites (tertiary alicyclic amines) is 1. The highest BCUT2D eigenvalue weighted by molar-refractivity contribution is 9.10. The molecule has 10 nitrogen and oxygen atoms in total. The number of benzene rings is 1. The highest BCUT2D eigenvalue weighted by Crippen LogP contribution is 2.25. The van der Waals surface area contributed by atoms with Crippen molar-refractivity contribution in [1.82, 2.24) is 14.9 Å². The van der Waals surface area contributed by atoms with Crippen LogP contribution >= 0.6 is 27.5 Å². The molecule has 1 fully saturated rings. The van der Waals surface area contributed by atoms with E-state index in [1.54, 1.807) is 23.1 Å². The fourth-order valence-corrected chi connectivity index (χ4v) is 3.33. The topological polar surface area (TPSA) is 123 Å². The lowest BCUT2D eigenvalue weighted by molar-refractivity contribution is -0.384. The van der Waals surface area contributed by atoms with Gasteiger partial charge in [-0.3, -0.25) is 10.1 Å². The lowest BCUT2D eigenvalue weighted by Crippen LogP contribution is -2.30. The molecule has 0 unspecified atom stereocenters. The summed E-state index contributed by atoms with van der Waals surface area (Å²) >= 11 is 9.52. The molecule has 1 aromatic carbocycles. The minimum Gasteiger partial charge on any atom is -0.428 e. The van der Waals surface area contributed by atoms with Crippen LogP contribution in [0.3, 0.4) is 0 Å².